The van der Waals surface area contributed by atoms with E-state index >= 15 is 0 Å². The molecule has 1 aliphatic heterocycles. The number of hydrogen-bond donors (Lipinski definition) is 4. The molecule has 0 saturated carbocycles. The summed E-state index contributed by atoms with van der Waals surface area (Å²) in [5, 5.41) is 42.5. The molecule has 166 valence electrons. The molecule has 0 bridgehead atoms. The van der Waals surface area contributed by atoms with E-state index in [4.69, 9.17) is 21.1 Å². The molecular weight excluding hydrogens is 428 g/mol. The number of rotatable bonds is 5. The van der Waals surface area contributed by atoms with Crippen molar-refractivity contribution in [3.8, 4) is 45.6 Å². The molecule has 0 fully saturated rings. The third-order valence-electron chi connectivity index (χ3n) is 5.36. The van der Waals surface area contributed by atoms with Crippen molar-refractivity contribution in [2.75, 3.05) is 13.7 Å². The molecule has 0 aliphatic carbocycles. The van der Waals surface area contributed by atoms with E-state index in [0.29, 0.717) is 6.42 Å². The molecule has 0 saturated heterocycles. The average molecular weight is 451 g/mol. The summed E-state index contributed by atoms with van der Waals surface area (Å²) in [5.41, 5.74) is -0.976. The molecule has 2 aromatic rings. The molecule has 0 amide bonds. The quantitative estimate of drug-likeness (QED) is 0.494. The molecule has 4 N–H and O–H groups in total. The Kier molecular flexibility index (Phi) is 5.96. The molecule has 31 heavy (non-hydrogen) atoms. The van der Waals surface area contributed by atoms with Crippen molar-refractivity contribution in [2.45, 2.75) is 33.6 Å². The number of benzene rings is 2. The molecule has 1 atom stereocenters. The molecule has 0 radical (unpaired) electrons. The van der Waals surface area contributed by atoms with Crippen LogP contribution in [0, 0.1) is 12.8 Å². The van der Waals surface area contributed by atoms with E-state index in [1.807, 2.05) is 0 Å². The Morgan fingerprint density at radius 3 is 2.29 bits per heavy atom. The summed E-state index contributed by atoms with van der Waals surface area (Å²) in [4.78, 5) is 25.4. The van der Waals surface area contributed by atoms with Gasteiger partial charge >= 0.3 is 0 Å². The highest BCUT2D eigenvalue weighted by molar-refractivity contribution is 6.35. The van der Waals surface area contributed by atoms with E-state index < -0.39 is 45.5 Å². The summed E-state index contributed by atoms with van der Waals surface area (Å²) < 4.78 is 10.9. The van der Waals surface area contributed by atoms with Crippen LogP contribution in [0.3, 0.4) is 0 Å². The van der Waals surface area contributed by atoms with Crippen molar-refractivity contribution in [1.29, 1.82) is 0 Å². The van der Waals surface area contributed by atoms with Crippen LogP contribution in [0.4, 0.5) is 0 Å². The number of methoxy groups -OCH3 is 1. The minimum atomic E-state index is -0.718. The van der Waals surface area contributed by atoms with Crippen LogP contribution >= 0.6 is 11.6 Å². The number of hydrogen-bond acceptors (Lipinski definition) is 8. The molecule has 8 nitrogen and oxygen atoms in total. The summed E-state index contributed by atoms with van der Waals surface area (Å²) >= 11 is 6.08. The minimum Gasteiger partial charge on any atom is -0.507 e. The van der Waals surface area contributed by atoms with Gasteiger partial charge in [0.05, 0.1) is 30.8 Å². The summed E-state index contributed by atoms with van der Waals surface area (Å²) in [5.74, 6) is -4.31. The fourth-order valence-electron chi connectivity index (χ4n) is 3.74. The number of phenols is 4. The maximum absolute atomic E-state index is 12.7. The van der Waals surface area contributed by atoms with Crippen LogP contribution in [0.15, 0.2) is 0 Å². The zero-order valence-electron chi connectivity index (χ0n) is 17.5. The SMILES string of the molecule is CCCC(=O)c1c(O)c(-c2c(O)c(Cl)c(O)c3c2OCC(C)C3=O)c(O)c(C)c1OC. The Balaban J connectivity index is 2.49. The molecule has 9 heteroatoms. The predicted octanol–water partition coefficient (Wildman–Crippen LogP) is 4.34. The lowest BCUT2D eigenvalue weighted by Crippen LogP contribution is -2.26. The second-order valence-electron chi connectivity index (χ2n) is 7.45. The van der Waals surface area contributed by atoms with Gasteiger partial charge in [-0.25, -0.2) is 0 Å². The predicted molar refractivity (Wildman–Crippen MR) is 113 cm³/mol. The first kappa shape index (κ1) is 22.6. The number of Topliss-reactive ketones (excluding diaryl/α,β-unsaturated/α-hetero) is 2. The van der Waals surface area contributed by atoms with Gasteiger partial charge in [0.15, 0.2) is 17.3 Å². The first-order valence-corrected chi connectivity index (χ1v) is 10.1. The number of ether oxygens (including phenoxy) is 2. The maximum atomic E-state index is 12.7. The average Bonchev–Trinajstić information content (AvgIpc) is 2.73. The monoisotopic (exact) mass is 450 g/mol. The van der Waals surface area contributed by atoms with Crippen molar-refractivity contribution in [3.63, 3.8) is 0 Å². The van der Waals surface area contributed by atoms with E-state index in [1.165, 1.54) is 14.0 Å². The Morgan fingerprint density at radius 2 is 1.71 bits per heavy atom. The van der Waals surface area contributed by atoms with Gasteiger partial charge in [0.1, 0.15) is 44.9 Å². The number of phenolic OH excluding ortho intramolecular Hbond substituents is 4. The lowest BCUT2D eigenvalue weighted by molar-refractivity contribution is 0.0844. The van der Waals surface area contributed by atoms with Gasteiger partial charge in [-0.2, -0.15) is 0 Å². The van der Waals surface area contributed by atoms with E-state index in [9.17, 15) is 30.0 Å². The van der Waals surface area contributed by atoms with Gasteiger partial charge in [-0.15, -0.1) is 0 Å². The third-order valence-corrected chi connectivity index (χ3v) is 5.72. The lowest BCUT2D eigenvalue weighted by atomic mass is 9.87. The van der Waals surface area contributed by atoms with Crippen molar-refractivity contribution in [3.05, 3.63) is 21.7 Å². The Bertz CT molecular complexity index is 1110. The van der Waals surface area contributed by atoms with Crippen LogP contribution in [0.5, 0.6) is 34.5 Å². The molecular formula is C22H23ClO8. The van der Waals surface area contributed by atoms with Crippen molar-refractivity contribution >= 4 is 23.2 Å². The summed E-state index contributed by atoms with van der Waals surface area (Å²) in [6.45, 7) is 4.80. The zero-order valence-corrected chi connectivity index (χ0v) is 18.3. The second-order valence-corrected chi connectivity index (χ2v) is 7.82. The molecule has 3 rings (SSSR count). The van der Waals surface area contributed by atoms with Gasteiger partial charge in [-0.3, -0.25) is 9.59 Å². The third kappa shape index (κ3) is 3.31. The van der Waals surface area contributed by atoms with E-state index in [-0.39, 0.29) is 52.3 Å². The number of aromatic hydroxyl groups is 4. The molecule has 0 spiro atoms. The summed E-state index contributed by atoms with van der Waals surface area (Å²) in [7, 11) is 1.30. The topological polar surface area (TPSA) is 134 Å². The normalized spacial score (nSPS) is 15.4. The van der Waals surface area contributed by atoms with Crippen molar-refractivity contribution in [2.24, 2.45) is 5.92 Å². The lowest BCUT2D eigenvalue weighted by Gasteiger charge is -2.27. The van der Waals surface area contributed by atoms with Crippen molar-refractivity contribution < 1.29 is 39.5 Å². The Morgan fingerprint density at radius 1 is 1.10 bits per heavy atom. The van der Waals surface area contributed by atoms with Gasteiger partial charge in [0.2, 0.25) is 0 Å². The van der Waals surface area contributed by atoms with Crippen LogP contribution in [-0.2, 0) is 0 Å². The first-order valence-electron chi connectivity index (χ1n) is 9.68. The van der Waals surface area contributed by atoms with Gasteiger partial charge in [-0.1, -0.05) is 25.4 Å². The number of fused-ring (bicyclic) bond motifs is 1. The van der Waals surface area contributed by atoms with Crippen molar-refractivity contribution in [1.82, 2.24) is 0 Å². The molecule has 0 aromatic heterocycles. The standard InChI is InChI=1S/C22H23ClO8/c1-5-6-10(24)11-18(27)12(17(26)9(3)21(11)30-4)13-19(28)15(23)20(29)14-16(25)8(2)7-31-22(13)14/h8,26-29H,5-7H2,1-4H3. The van der Waals surface area contributed by atoms with Crippen LogP contribution in [0.25, 0.3) is 11.1 Å². The Hall–Kier alpha value is -3.13. The first-order chi connectivity index (χ1) is 14.6. The maximum Gasteiger partial charge on any atom is 0.176 e. The number of carbonyl (C=O) groups excluding carboxylic acids is 2. The smallest absolute Gasteiger partial charge is 0.176 e. The molecule has 1 aliphatic rings. The van der Waals surface area contributed by atoms with E-state index in [1.54, 1.807) is 13.8 Å². The summed E-state index contributed by atoms with van der Waals surface area (Å²) in [6, 6.07) is 0. The van der Waals surface area contributed by atoms with Crippen LogP contribution in [0.1, 0.15) is 53.0 Å². The summed E-state index contributed by atoms with van der Waals surface area (Å²) in [6.07, 6.45) is 0.596. The van der Waals surface area contributed by atoms with Gasteiger partial charge < -0.3 is 29.9 Å². The second kappa shape index (κ2) is 8.19. The minimum absolute atomic E-state index is 0.0129. The highest BCUT2D eigenvalue weighted by atomic mass is 35.5. The van der Waals surface area contributed by atoms with E-state index in [2.05, 4.69) is 0 Å². The Labute approximate surface area is 183 Å². The van der Waals surface area contributed by atoms with Crippen LogP contribution in [0.2, 0.25) is 5.02 Å². The number of carbonyl (C=O) groups is 2. The fraction of sp³-hybridized carbons (Fsp3) is 0.364. The number of ketones is 2. The van der Waals surface area contributed by atoms with Gasteiger partial charge in [0, 0.05) is 12.0 Å². The zero-order chi connectivity index (χ0) is 23.2. The fourth-order valence-corrected chi connectivity index (χ4v) is 3.93. The largest absolute Gasteiger partial charge is 0.507 e. The van der Waals surface area contributed by atoms with Gasteiger partial charge in [-0.05, 0) is 13.3 Å². The number of halogens is 1. The molecule has 1 unspecified atom stereocenters. The van der Waals surface area contributed by atoms with Crippen LogP contribution in [-0.4, -0.2) is 45.7 Å². The highest BCUT2D eigenvalue weighted by Crippen LogP contribution is 2.58. The van der Waals surface area contributed by atoms with E-state index in [0.717, 1.165) is 0 Å². The van der Waals surface area contributed by atoms with Crippen LogP contribution < -0.4 is 9.47 Å². The highest BCUT2D eigenvalue weighted by Gasteiger charge is 2.38. The molecule has 1 heterocycles. The van der Waals surface area contributed by atoms with Gasteiger partial charge in [0.25, 0.3) is 0 Å². The molecule has 2 aromatic carbocycles.